The van der Waals surface area contributed by atoms with Crippen molar-refractivity contribution in [2.45, 2.75) is 44.7 Å². The van der Waals surface area contributed by atoms with E-state index in [4.69, 9.17) is 0 Å². The summed E-state index contributed by atoms with van der Waals surface area (Å²) in [6.07, 6.45) is 4.21. The van der Waals surface area contributed by atoms with Gasteiger partial charge in [0.15, 0.2) is 5.78 Å². The Kier molecular flexibility index (Phi) is 4.61. The van der Waals surface area contributed by atoms with Gasteiger partial charge in [0, 0.05) is 36.7 Å². The molecule has 4 atom stereocenters. The number of benzene rings is 1. The number of nitrogens with one attached hydrogen (secondary N) is 2. The summed E-state index contributed by atoms with van der Waals surface area (Å²) in [5.74, 6) is 0.924. The number of amides is 1. The Balaban J connectivity index is 1.45. The van der Waals surface area contributed by atoms with Gasteiger partial charge in [-0.2, -0.15) is 0 Å². The van der Waals surface area contributed by atoms with E-state index in [0.717, 1.165) is 24.9 Å². The van der Waals surface area contributed by atoms with E-state index >= 15 is 0 Å². The Morgan fingerprint density at radius 1 is 1.08 bits per heavy atom. The van der Waals surface area contributed by atoms with E-state index in [1.807, 2.05) is 35.2 Å². The van der Waals surface area contributed by atoms with Gasteiger partial charge in [0.25, 0.3) is 0 Å². The molecule has 0 spiro atoms. The summed E-state index contributed by atoms with van der Waals surface area (Å²) in [6, 6.07) is 9.86. The maximum Gasteiger partial charge on any atom is 0.228 e. The molecule has 134 valence electrons. The molecular formula is C20H27N3O2. The topological polar surface area (TPSA) is 61.4 Å². The Morgan fingerprint density at radius 2 is 1.84 bits per heavy atom. The third-order valence-electron chi connectivity index (χ3n) is 5.98. The van der Waals surface area contributed by atoms with Gasteiger partial charge >= 0.3 is 0 Å². The van der Waals surface area contributed by atoms with Crippen LogP contribution in [0.1, 0.15) is 43.0 Å². The average molecular weight is 341 g/mol. The van der Waals surface area contributed by atoms with Gasteiger partial charge in [-0.1, -0.05) is 30.3 Å². The highest BCUT2D eigenvalue weighted by Gasteiger charge is 2.47. The van der Waals surface area contributed by atoms with E-state index in [-0.39, 0.29) is 35.6 Å². The smallest absolute Gasteiger partial charge is 0.228 e. The minimum atomic E-state index is -0.0721. The lowest BCUT2D eigenvalue weighted by molar-refractivity contribution is -0.137. The van der Waals surface area contributed by atoms with Crippen LogP contribution in [0.25, 0.3) is 0 Å². The number of hydrogen-bond donors (Lipinski definition) is 2. The van der Waals surface area contributed by atoms with Gasteiger partial charge in [-0.05, 0) is 38.5 Å². The van der Waals surface area contributed by atoms with Crippen molar-refractivity contribution >= 4 is 11.7 Å². The van der Waals surface area contributed by atoms with Crippen molar-refractivity contribution in [3.63, 3.8) is 0 Å². The molecule has 1 aromatic carbocycles. The van der Waals surface area contributed by atoms with Gasteiger partial charge in [-0.3, -0.25) is 20.4 Å². The quantitative estimate of drug-likeness (QED) is 0.823. The van der Waals surface area contributed by atoms with Crippen LogP contribution in [0.5, 0.6) is 0 Å². The molecule has 0 bridgehead atoms. The molecule has 2 aliphatic heterocycles. The average Bonchev–Trinajstić information content (AvgIpc) is 3.43. The van der Waals surface area contributed by atoms with Crippen LogP contribution in [0.4, 0.5) is 0 Å². The molecule has 1 amide bonds. The van der Waals surface area contributed by atoms with E-state index in [0.29, 0.717) is 12.5 Å². The minimum Gasteiger partial charge on any atom is -0.342 e. The van der Waals surface area contributed by atoms with Gasteiger partial charge in [-0.15, -0.1) is 0 Å². The third-order valence-corrected chi connectivity index (χ3v) is 5.98. The largest absolute Gasteiger partial charge is 0.342 e. The van der Waals surface area contributed by atoms with Crippen LogP contribution in [-0.2, 0) is 4.79 Å². The molecular weight excluding hydrogens is 314 g/mol. The summed E-state index contributed by atoms with van der Waals surface area (Å²) in [7, 11) is 0. The summed E-state index contributed by atoms with van der Waals surface area (Å²) < 4.78 is 0. The molecule has 1 aliphatic carbocycles. The minimum absolute atomic E-state index is 0.0157. The third kappa shape index (κ3) is 3.35. The van der Waals surface area contributed by atoms with E-state index in [9.17, 15) is 9.59 Å². The van der Waals surface area contributed by atoms with Crippen molar-refractivity contribution in [2.75, 3.05) is 13.1 Å². The zero-order valence-electron chi connectivity index (χ0n) is 14.8. The van der Waals surface area contributed by atoms with Gasteiger partial charge in [0.2, 0.25) is 5.91 Å². The first kappa shape index (κ1) is 16.7. The number of carbonyl (C=O) groups is 2. The molecule has 5 heteroatoms. The van der Waals surface area contributed by atoms with Crippen molar-refractivity contribution in [1.29, 1.82) is 0 Å². The van der Waals surface area contributed by atoms with Crippen LogP contribution in [0.3, 0.4) is 0 Å². The molecule has 5 nitrogen and oxygen atoms in total. The van der Waals surface area contributed by atoms with Crippen molar-refractivity contribution in [2.24, 2.45) is 17.8 Å². The predicted molar refractivity (Wildman–Crippen MR) is 95.8 cm³/mol. The second-order valence-electron chi connectivity index (χ2n) is 7.82. The summed E-state index contributed by atoms with van der Waals surface area (Å²) in [4.78, 5) is 27.9. The molecule has 0 aromatic heterocycles. The van der Waals surface area contributed by atoms with Crippen molar-refractivity contribution in [3.05, 3.63) is 35.9 Å². The van der Waals surface area contributed by atoms with Gasteiger partial charge in [-0.25, -0.2) is 0 Å². The van der Waals surface area contributed by atoms with Gasteiger partial charge < -0.3 is 4.90 Å². The summed E-state index contributed by atoms with van der Waals surface area (Å²) in [5, 5.41) is 0. The van der Waals surface area contributed by atoms with Crippen LogP contribution in [0.15, 0.2) is 30.3 Å². The van der Waals surface area contributed by atoms with Crippen molar-refractivity contribution in [3.8, 4) is 0 Å². The number of nitrogens with zero attached hydrogens (tertiary/aromatic N) is 1. The highest BCUT2D eigenvalue weighted by Crippen LogP contribution is 2.39. The van der Waals surface area contributed by atoms with E-state index in [2.05, 4.69) is 17.8 Å². The summed E-state index contributed by atoms with van der Waals surface area (Å²) in [6.45, 7) is 3.42. The number of rotatable bonds is 4. The number of carbonyl (C=O) groups excluding carboxylic acids is 2. The molecule has 2 N–H and O–H groups in total. The van der Waals surface area contributed by atoms with Crippen LogP contribution in [0, 0.1) is 17.8 Å². The molecule has 2 heterocycles. The lowest BCUT2D eigenvalue weighted by Crippen LogP contribution is -2.49. The predicted octanol–water partition coefficient (Wildman–Crippen LogP) is 2.00. The Labute approximate surface area is 149 Å². The molecule has 0 radical (unpaired) electrons. The zero-order valence-corrected chi connectivity index (χ0v) is 14.8. The fourth-order valence-electron chi connectivity index (χ4n) is 4.39. The van der Waals surface area contributed by atoms with E-state index in [1.54, 1.807) is 0 Å². The second-order valence-corrected chi connectivity index (χ2v) is 7.82. The zero-order chi connectivity index (χ0) is 17.4. The van der Waals surface area contributed by atoms with Crippen molar-refractivity contribution in [1.82, 2.24) is 15.8 Å². The first-order chi connectivity index (χ1) is 12.1. The van der Waals surface area contributed by atoms with Crippen LogP contribution in [0.2, 0.25) is 0 Å². The van der Waals surface area contributed by atoms with Crippen LogP contribution >= 0.6 is 0 Å². The van der Waals surface area contributed by atoms with Crippen molar-refractivity contribution < 1.29 is 9.59 Å². The molecule has 1 aromatic rings. The van der Waals surface area contributed by atoms with Gasteiger partial charge in [0.05, 0.1) is 5.92 Å². The number of hydrogen-bond acceptors (Lipinski definition) is 4. The molecule has 4 unspecified atom stereocenters. The Hall–Kier alpha value is -1.72. The first-order valence-corrected chi connectivity index (χ1v) is 9.54. The maximum atomic E-state index is 13.2. The molecule has 3 aliphatic rings. The fourth-order valence-corrected chi connectivity index (χ4v) is 4.39. The van der Waals surface area contributed by atoms with E-state index < -0.39 is 0 Å². The van der Waals surface area contributed by atoms with Gasteiger partial charge in [0.1, 0.15) is 0 Å². The number of ketones is 1. The van der Waals surface area contributed by atoms with Crippen LogP contribution < -0.4 is 10.9 Å². The lowest BCUT2D eigenvalue weighted by atomic mass is 9.87. The first-order valence-electron chi connectivity index (χ1n) is 9.54. The number of likely N-dealkylation sites (tertiary alicyclic amines) is 1. The standard InChI is InChI=1S/C20H27N3O2/c1-13-17(18(22-21-13)14-9-10-14)20(25)23-11-5-8-16(12-23)19(24)15-6-3-2-4-7-15/h2-4,6-7,13-14,16-18,21-22H,5,8-12H2,1H3. The fraction of sp³-hybridized carbons (Fsp3) is 0.600. The number of hydrazine groups is 1. The summed E-state index contributed by atoms with van der Waals surface area (Å²) >= 11 is 0. The molecule has 4 rings (SSSR count). The number of piperidine rings is 1. The van der Waals surface area contributed by atoms with E-state index in [1.165, 1.54) is 12.8 Å². The molecule has 1 saturated carbocycles. The number of Topliss-reactive ketones (excluding diaryl/α,β-unsaturated/α-hetero) is 1. The molecule has 25 heavy (non-hydrogen) atoms. The molecule has 3 fully saturated rings. The normalized spacial score (nSPS) is 32.6. The lowest BCUT2D eigenvalue weighted by Gasteiger charge is -2.35. The maximum absolute atomic E-state index is 13.2. The summed E-state index contributed by atoms with van der Waals surface area (Å²) in [5.41, 5.74) is 7.35. The highest BCUT2D eigenvalue weighted by atomic mass is 16.2. The highest BCUT2D eigenvalue weighted by molar-refractivity contribution is 5.98. The van der Waals surface area contributed by atoms with Crippen LogP contribution in [-0.4, -0.2) is 41.8 Å². The Bertz CT molecular complexity index is 644. The second kappa shape index (κ2) is 6.89. The Morgan fingerprint density at radius 3 is 2.56 bits per heavy atom. The molecule has 2 saturated heterocycles. The SMILES string of the molecule is CC1NNC(C2CC2)C1C(=O)N1CCCC(C(=O)c2ccccc2)C1. The monoisotopic (exact) mass is 341 g/mol.